The number of hydrogen-bond donors (Lipinski definition) is 2. The van der Waals surface area contributed by atoms with E-state index < -0.39 is 5.60 Å². The number of benzene rings is 1. The molecule has 114 valence electrons. The molecule has 1 fully saturated rings. The molecule has 0 amide bonds. The lowest BCUT2D eigenvalue weighted by Crippen LogP contribution is -2.29. The van der Waals surface area contributed by atoms with Gasteiger partial charge in [0.15, 0.2) is 0 Å². The van der Waals surface area contributed by atoms with Gasteiger partial charge < -0.3 is 10.2 Å². The maximum Gasteiger partial charge on any atom is 0.125 e. The molecule has 0 bridgehead atoms. The second kappa shape index (κ2) is 5.86. The van der Waals surface area contributed by atoms with E-state index >= 15 is 0 Å². The fourth-order valence-corrected chi connectivity index (χ4v) is 2.90. The third-order valence-electron chi connectivity index (χ3n) is 4.10. The van der Waals surface area contributed by atoms with Gasteiger partial charge in [0.25, 0.3) is 0 Å². The molecule has 0 aliphatic heterocycles. The number of phenols is 1. The van der Waals surface area contributed by atoms with Crippen LogP contribution in [0.4, 0.5) is 0 Å². The minimum atomic E-state index is -0.885. The molecule has 0 unspecified atom stereocenters. The van der Waals surface area contributed by atoms with Gasteiger partial charge in [0, 0.05) is 18.8 Å². The zero-order chi connectivity index (χ0) is 15.6. The van der Waals surface area contributed by atoms with E-state index in [0.29, 0.717) is 11.3 Å². The Hall–Kier alpha value is -2.25. The van der Waals surface area contributed by atoms with E-state index in [4.69, 9.17) is 0 Å². The van der Waals surface area contributed by atoms with Crippen molar-refractivity contribution in [3.8, 4) is 28.8 Å². The fraction of sp³-hybridized carbons (Fsp3) is 0.389. The number of aromatic hydroxyl groups is 1. The summed E-state index contributed by atoms with van der Waals surface area (Å²) in [5, 5.41) is 24.9. The van der Waals surface area contributed by atoms with Crippen LogP contribution in [0.25, 0.3) is 11.3 Å². The number of aliphatic hydroxyl groups is 1. The van der Waals surface area contributed by atoms with Gasteiger partial charge >= 0.3 is 0 Å². The average molecular weight is 296 g/mol. The number of hydrogen-bond acceptors (Lipinski definition) is 3. The zero-order valence-corrected chi connectivity index (χ0v) is 12.7. The van der Waals surface area contributed by atoms with Crippen molar-refractivity contribution in [2.75, 3.05) is 0 Å². The highest BCUT2D eigenvalue weighted by Gasteiger charge is 2.26. The van der Waals surface area contributed by atoms with E-state index in [9.17, 15) is 10.2 Å². The standard InChI is InChI=1S/C18H20N2O2/c1-20-13-14(9-12-18(22)10-5-2-6-11-18)17(19-20)15-7-3-4-8-16(15)21/h3-4,7-8,13,21-22H,2,5-6,10-11H2,1H3. The van der Waals surface area contributed by atoms with Gasteiger partial charge in [0.2, 0.25) is 0 Å². The molecule has 4 nitrogen and oxygen atoms in total. The summed E-state index contributed by atoms with van der Waals surface area (Å²) in [7, 11) is 1.82. The third-order valence-corrected chi connectivity index (χ3v) is 4.10. The van der Waals surface area contributed by atoms with Crippen molar-refractivity contribution >= 4 is 0 Å². The molecule has 4 heteroatoms. The Labute approximate surface area is 130 Å². The number of phenolic OH excluding ortho intramolecular Hbond substituents is 1. The van der Waals surface area contributed by atoms with Crippen LogP contribution in [-0.4, -0.2) is 25.6 Å². The minimum absolute atomic E-state index is 0.181. The Balaban J connectivity index is 1.98. The monoisotopic (exact) mass is 296 g/mol. The fourth-order valence-electron chi connectivity index (χ4n) is 2.90. The van der Waals surface area contributed by atoms with Crippen molar-refractivity contribution < 1.29 is 10.2 Å². The van der Waals surface area contributed by atoms with Gasteiger partial charge in [0.05, 0.1) is 5.56 Å². The van der Waals surface area contributed by atoms with Crippen LogP contribution >= 0.6 is 0 Å². The van der Waals surface area contributed by atoms with E-state index in [2.05, 4.69) is 16.9 Å². The van der Waals surface area contributed by atoms with E-state index in [0.717, 1.165) is 31.2 Å². The van der Waals surface area contributed by atoms with Gasteiger partial charge in [-0.1, -0.05) is 30.4 Å². The summed E-state index contributed by atoms with van der Waals surface area (Å²) in [6.45, 7) is 0. The Morgan fingerprint density at radius 1 is 1.18 bits per heavy atom. The molecule has 2 aromatic rings. The van der Waals surface area contributed by atoms with Crippen LogP contribution in [0.2, 0.25) is 0 Å². The molecular weight excluding hydrogens is 276 g/mol. The van der Waals surface area contributed by atoms with Crippen LogP contribution in [0.5, 0.6) is 5.75 Å². The predicted molar refractivity (Wildman–Crippen MR) is 85.2 cm³/mol. The average Bonchev–Trinajstić information content (AvgIpc) is 2.87. The maximum absolute atomic E-state index is 10.5. The topological polar surface area (TPSA) is 58.3 Å². The highest BCUT2D eigenvalue weighted by Crippen LogP contribution is 2.30. The Morgan fingerprint density at radius 2 is 1.91 bits per heavy atom. The molecule has 0 saturated heterocycles. The van der Waals surface area contributed by atoms with Crippen molar-refractivity contribution in [3.63, 3.8) is 0 Å². The number of para-hydroxylation sites is 1. The molecule has 1 heterocycles. The maximum atomic E-state index is 10.5. The van der Waals surface area contributed by atoms with Crippen LogP contribution in [0.1, 0.15) is 37.7 Å². The quantitative estimate of drug-likeness (QED) is 0.796. The second-order valence-corrected chi connectivity index (χ2v) is 5.92. The van der Waals surface area contributed by atoms with Gasteiger partial charge in [-0.05, 0) is 37.8 Å². The van der Waals surface area contributed by atoms with Crippen LogP contribution in [-0.2, 0) is 7.05 Å². The highest BCUT2D eigenvalue weighted by molar-refractivity contribution is 5.72. The van der Waals surface area contributed by atoms with Crippen molar-refractivity contribution in [3.05, 3.63) is 36.0 Å². The van der Waals surface area contributed by atoms with E-state index in [1.54, 1.807) is 16.8 Å². The van der Waals surface area contributed by atoms with Crippen molar-refractivity contribution in [1.82, 2.24) is 9.78 Å². The number of aromatic nitrogens is 2. The van der Waals surface area contributed by atoms with Gasteiger partial charge in [-0.15, -0.1) is 0 Å². The van der Waals surface area contributed by atoms with Crippen molar-refractivity contribution in [1.29, 1.82) is 0 Å². The first-order chi connectivity index (χ1) is 10.6. The molecule has 22 heavy (non-hydrogen) atoms. The third kappa shape index (κ3) is 3.00. The van der Waals surface area contributed by atoms with Gasteiger partial charge in [-0.25, -0.2) is 0 Å². The Morgan fingerprint density at radius 3 is 2.64 bits per heavy atom. The summed E-state index contributed by atoms with van der Waals surface area (Å²) in [4.78, 5) is 0. The minimum Gasteiger partial charge on any atom is -0.507 e. The van der Waals surface area contributed by atoms with Gasteiger partial charge in [0.1, 0.15) is 17.0 Å². The predicted octanol–water partition coefficient (Wildman–Crippen LogP) is 2.84. The number of rotatable bonds is 1. The summed E-state index contributed by atoms with van der Waals surface area (Å²) < 4.78 is 1.68. The lowest BCUT2D eigenvalue weighted by atomic mass is 9.85. The van der Waals surface area contributed by atoms with E-state index in [1.807, 2.05) is 25.4 Å². The van der Waals surface area contributed by atoms with Crippen LogP contribution in [0.15, 0.2) is 30.5 Å². The van der Waals surface area contributed by atoms with Crippen LogP contribution in [0, 0.1) is 11.8 Å². The Kier molecular flexibility index (Phi) is 3.91. The summed E-state index contributed by atoms with van der Waals surface area (Å²) in [6.07, 6.45) is 6.48. The molecule has 0 radical (unpaired) electrons. The van der Waals surface area contributed by atoms with E-state index in [1.165, 1.54) is 6.42 Å². The van der Waals surface area contributed by atoms with Crippen molar-refractivity contribution in [2.24, 2.45) is 7.05 Å². The van der Waals surface area contributed by atoms with Crippen LogP contribution in [0.3, 0.4) is 0 Å². The lowest BCUT2D eigenvalue weighted by Gasteiger charge is -2.26. The molecule has 0 spiro atoms. The molecular formula is C18H20N2O2. The Bertz CT molecular complexity index is 731. The molecule has 3 rings (SSSR count). The molecule has 1 aliphatic carbocycles. The largest absolute Gasteiger partial charge is 0.507 e. The van der Waals surface area contributed by atoms with Crippen LogP contribution < -0.4 is 0 Å². The smallest absolute Gasteiger partial charge is 0.125 e. The lowest BCUT2D eigenvalue weighted by molar-refractivity contribution is 0.0610. The number of aryl methyl sites for hydroxylation is 1. The zero-order valence-electron chi connectivity index (χ0n) is 12.7. The SMILES string of the molecule is Cn1cc(C#CC2(O)CCCCC2)c(-c2ccccc2O)n1. The van der Waals surface area contributed by atoms with Crippen molar-refractivity contribution in [2.45, 2.75) is 37.7 Å². The molecule has 1 aromatic carbocycles. The summed E-state index contributed by atoms with van der Waals surface area (Å²) in [6, 6.07) is 7.08. The first-order valence-electron chi connectivity index (χ1n) is 7.65. The van der Waals surface area contributed by atoms with Gasteiger partial charge in [-0.2, -0.15) is 5.10 Å². The van der Waals surface area contributed by atoms with E-state index in [-0.39, 0.29) is 5.75 Å². The second-order valence-electron chi connectivity index (χ2n) is 5.92. The number of nitrogens with zero attached hydrogens (tertiary/aromatic N) is 2. The molecule has 1 saturated carbocycles. The summed E-state index contributed by atoms with van der Waals surface area (Å²) in [5.74, 6) is 6.28. The first kappa shape index (κ1) is 14.7. The van der Waals surface area contributed by atoms with Gasteiger partial charge in [-0.3, -0.25) is 4.68 Å². The molecule has 0 atom stereocenters. The molecule has 2 N–H and O–H groups in total. The molecule has 1 aliphatic rings. The normalized spacial score (nSPS) is 16.8. The summed E-state index contributed by atoms with van der Waals surface area (Å²) >= 11 is 0. The highest BCUT2D eigenvalue weighted by atomic mass is 16.3. The summed E-state index contributed by atoms with van der Waals surface area (Å²) in [5.41, 5.74) is 1.14. The molecule has 1 aromatic heterocycles. The first-order valence-corrected chi connectivity index (χ1v) is 7.65.